The molecular formula is C50H21BF20N2. The van der Waals surface area contributed by atoms with E-state index in [4.69, 9.17) is 0 Å². The van der Waals surface area contributed by atoms with E-state index >= 15 is 35.1 Å². The first-order chi connectivity index (χ1) is 34.6. The van der Waals surface area contributed by atoms with Crippen molar-refractivity contribution >= 4 is 49.5 Å². The van der Waals surface area contributed by atoms with Gasteiger partial charge in [0.1, 0.15) is 52.7 Å². The number of fused-ring (bicyclic) bond motifs is 2. The van der Waals surface area contributed by atoms with Gasteiger partial charge in [-0.15, -0.1) is 21.9 Å². The van der Waals surface area contributed by atoms with E-state index in [0.717, 1.165) is 13.0 Å². The molecule has 8 aromatic carbocycles. The van der Waals surface area contributed by atoms with Crippen LogP contribution in [-0.4, -0.2) is 11.1 Å². The number of hydrogen-bond acceptors (Lipinski definition) is 1. The number of halogens is 20. The number of aromatic nitrogens is 2. The Morgan fingerprint density at radius 3 is 1.00 bits per heavy atom. The molecule has 0 aliphatic rings. The molecule has 374 valence electrons. The summed E-state index contributed by atoms with van der Waals surface area (Å²) in [6.45, 7) is 0.849. The second-order valence-corrected chi connectivity index (χ2v) is 16.0. The Bertz CT molecular complexity index is 3270. The standard InChI is InChI=1S/C26H21N2.C24BF20/c1-2-8-20(9-3-1)19-28-15-14-27-18-23(28)17-26-24-12-6-4-10-21(24)16-22-11-5-7-13-25(22)26;26-5-1(6(27)14(35)21(42)13(5)34)25(2-7(28)15(36)22(43)16(37)8(2)29,3-9(30)17(38)23(44)18(39)10(3)31)4-11(32)19(40)24(45)20(41)12(4)33/h1-16,18H,17,19H2;/q+1;-1. The first-order valence-electron chi connectivity index (χ1n) is 20.6. The highest BCUT2D eigenvalue weighted by molar-refractivity contribution is 7.20. The molecular weight excluding hydrogens is 1020 g/mol. The van der Waals surface area contributed by atoms with Crippen LogP contribution in [0.5, 0.6) is 0 Å². The fourth-order valence-corrected chi connectivity index (χ4v) is 8.85. The topological polar surface area (TPSA) is 16.8 Å². The van der Waals surface area contributed by atoms with Gasteiger partial charge in [-0.3, -0.25) is 4.98 Å². The molecule has 0 fully saturated rings. The van der Waals surface area contributed by atoms with Crippen molar-refractivity contribution in [3.05, 3.63) is 237 Å². The molecule has 9 rings (SSSR count). The maximum Gasteiger partial charge on any atom is 0.204 e. The minimum Gasteiger partial charge on any atom is -0.252 e. The highest BCUT2D eigenvalue weighted by atomic mass is 19.2. The van der Waals surface area contributed by atoms with Crippen molar-refractivity contribution in [2.45, 2.75) is 13.0 Å². The first kappa shape index (κ1) is 51.4. The molecule has 0 bridgehead atoms. The Kier molecular flexibility index (Phi) is 13.8. The predicted molar refractivity (Wildman–Crippen MR) is 223 cm³/mol. The lowest BCUT2D eigenvalue weighted by Crippen LogP contribution is -2.81. The van der Waals surface area contributed by atoms with Gasteiger partial charge >= 0.3 is 0 Å². The molecule has 0 aliphatic heterocycles. The fraction of sp³-hybridized carbons (Fsp3) is 0.0400. The summed E-state index contributed by atoms with van der Waals surface area (Å²) in [5.74, 6) is -71.4. The summed E-state index contributed by atoms with van der Waals surface area (Å²) >= 11 is 0. The molecule has 0 saturated heterocycles. The minimum absolute atomic E-state index is 0.849. The normalized spacial score (nSPS) is 11.7. The summed E-state index contributed by atoms with van der Waals surface area (Å²) in [6, 6.07) is 30.2. The molecule has 73 heavy (non-hydrogen) atoms. The Balaban J connectivity index is 0.000000216. The second-order valence-electron chi connectivity index (χ2n) is 16.0. The smallest absolute Gasteiger partial charge is 0.204 e. The van der Waals surface area contributed by atoms with Gasteiger partial charge in [-0.2, -0.15) is 4.57 Å². The first-order valence-corrected chi connectivity index (χ1v) is 20.6. The highest BCUT2D eigenvalue weighted by Gasteiger charge is 2.52. The molecule has 0 amide bonds. The molecule has 2 nitrogen and oxygen atoms in total. The number of nitrogens with zero attached hydrogens (tertiary/aromatic N) is 2. The van der Waals surface area contributed by atoms with E-state index in [9.17, 15) is 52.7 Å². The quantitative estimate of drug-likeness (QED) is 0.0370. The zero-order valence-corrected chi connectivity index (χ0v) is 35.8. The van der Waals surface area contributed by atoms with Crippen LogP contribution in [0, 0.1) is 116 Å². The van der Waals surface area contributed by atoms with Gasteiger partial charge in [-0.1, -0.05) is 78.9 Å². The van der Waals surface area contributed by atoms with Gasteiger partial charge in [0.25, 0.3) is 0 Å². The lowest BCUT2D eigenvalue weighted by atomic mass is 9.12. The molecule has 0 spiro atoms. The molecule has 23 heteroatoms. The third-order valence-corrected chi connectivity index (χ3v) is 12.1. The van der Waals surface area contributed by atoms with E-state index in [2.05, 4.69) is 101 Å². The van der Waals surface area contributed by atoms with E-state index in [1.807, 2.05) is 12.4 Å². The summed E-state index contributed by atoms with van der Waals surface area (Å²) in [5.41, 5.74) is -10.5. The van der Waals surface area contributed by atoms with Crippen LogP contribution in [-0.2, 0) is 13.0 Å². The van der Waals surface area contributed by atoms with E-state index in [0.29, 0.717) is 0 Å². The average Bonchev–Trinajstić information content (AvgIpc) is 3.39. The molecule has 0 saturated carbocycles. The van der Waals surface area contributed by atoms with E-state index in [-0.39, 0.29) is 0 Å². The third kappa shape index (κ3) is 8.23. The minimum atomic E-state index is -7.22. The molecule has 0 atom stereocenters. The van der Waals surface area contributed by atoms with Gasteiger partial charge in [0.2, 0.25) is 5.69 Å². The summed E-state index contributed by atoms with van der Waals surface area (Å²) in [6.07, 6.45) is -0.420. The number of hydrogen-bond donors (Lipinski definition) is 0. The lowest BCUT2D eigenvalue weighted by Gasteiger charge is -2.44. The van der Waals surface area contributed by atoms with Crippen LogP contribution in [0.25, 0.3) is 21.5 Å². The van der Waals surface area contributed by atoms with Gasteiger partial charge in [0.05, 0.1) is 18.8 Å². The average molecular weight is 1040 g/mol. The van der Waals surface area contributed by atoms with Gasteiger partial charge < -0.3 is 0 Å². The second kappa shape index (κ2) is 19.6. The van der Waals surface area contributed by atoms with Gasteiger partial charge in [-0.05, 0) is 33.2 Å². The van der Waals surface area contributed by atoms with Gasteiger partial charge in [0, 0.05) is 5.56 Å². The van der Waals surface area contributed by atoms with Crippen LogP contribution in [0.4, 0.5) is 87.8 Å². The Morgan fingerprint density at radius 1 is 0.356 bits per heavy atom. The van der Waals surface area contributed by atoms with Crippen LogP contribution in [0.1, 0.15) is 16.8 Å². The van der Waals surface area contributed by atoms with Crippen LogP contribution in [0.3, 0.4) is 0 Å². The van der Waals surface area contributed by atoms with Crippen molar-refractivity contribution in [1.29, 1.82) is 0 Å². The maximum atomic E-state index is 15.4. The van der Waals surface area contributed by atoms with Gasteiger partial charge in [-0.25, -0.2) is 87.8 Å². The van der Waals surface area contributed by atoms with Gasteiger partial charge in [0.15, 0.2) is 82.5 Å². The van der Waals surface area contributed by atoms with E-state index in [1.54, 1.807) is 0 Å². The molecule has 1 heterocycles. The van der Waals surface area contributed by atoms with Crippen molar-refractivity contribution in [3.8, 4) is 0 Å². The Morgan fingerprint density at radius 2 is 0.658 bits per heavy atom. The fourth-order valence-electron chi connectivity index (χ4n) is 8.85. The van der Waals surface area contributed by atoms with Crippen LogP contribution >= 0.6 is 0 Å². The molecule has 9 aromatic rings. The third-order valence-electron chi connectivity index (χ3n) is 12.1. The monoisotopic (exact) mass is 1040 g/mol. The molecule has 0 unspecified atom stereocenters. The molecule has 0 radical (unpaired) electrons. The molecule has 0 aliphatic carbocycles. The zero-order chi connectivity index (χ0) is 53.1. The van der Waals surface area contributed by atoms with Crippen molar-refractivity contribution in [3.63, 3.8) is 0 Å². The largest absolute Gasteiger partial charge is 0.252 e. The SMILES string of the molecule is Fc1c(F)c(F)c([B-](c2c(F)c(F)c(F)c(F)c2F)(c2c(F)c(F)c(F)c(F)c2F)c2c(F)c(F)c(F)c(F)c2F)c(F)c1F.c1ccc(C[n+]2ccncc2Cc2c3ccccc3cc3ccccc23)cc1. The van der Waals surface area contributed by atoms with Crippen molar-refractivity contribution in [1.82, 2.24) is 4.98 Å². The maximum absolute atomic E-state index is 15.4. The number of rotatable bonds is 8. The lowest BCUT2D eigenvalue weighted by molar-refractivity contribution is -0.695. The zero-order valence-electron chi connectivity index (χ0n) is 35.8. The Labute approximate surface area is 395 Å². The predicted octanol–water partition coefficient (Wildman–Crippen LogP) is 11.2. The molecule has 1 aromatic heterocycles. The van der Waals surface area contributed by atoms with Crippen LogP contribution in [0.2, 0.25) is 0 Å². The van der Waals surface area contributed by atoms with E-state index < -0.39 is 144 Å². The van der Waals surface area contributed by atoms with Crippen LogP contribution in [0.15, 0.2) is 104 Å². The summed E-state index contributed by atoms with van der Waals surface area (Å²) in [4.78, 5) is 4.42. The van der Waals surface area contributed by atoms with Crippen molar-refractivity contribution in [2.24, 2.45) is 0 Å². The van der Waals surface area contributed by atoms with Crippen molar-refractivity contribution in [2.75, 3.05) is 0 Å². The highest BCUT2D eigenvalue weighted by Crippen LogP contribution is 2.32. The summed E-state index contributed by atoms with van der Waals surface area (Å²) in [7, 11) is 0. The van der Waals surface area contributed by atoms with Crippen molar-refractivity contribution < 1.29 is 92.4 Å². The summed E-state index contributed by atoms with van der Waals surface area (Å²) < 4.78 is 296. The van der Waals surface area contributed by atoms with Crippen LogP contribution < -0.4 is 26.4 Å². The number of benzene rings is 8. The Hall–Kier alpha value is -7.98. The molecule has 0 N–H and O–H groups in total. The van der Waals surface area contributed by atoms with E-state index in [1.165, 1.54) is 38.4 Å². The summed E-state index contributed by atoms with van der Waals surface area (Å²) in [5, 5.41) is 5.21.